The van der Waals surface area contributed by atoms with Crippen LogP contribution in [0.4, 0.5) is 18.9 Å². The summed E-state index contributed by atoms with van der Waals surface area (Å²) in [7, 11) is 0. The highest BCUT2D eigenvalue weighted by molar-refractivity contribution is 5.95. The minimum atomic E-state index is -4.65. The number of alkyl halides is 3. The predicted molar refractivity (Wildman–Crippen MR) is 168 cm³/mol. The van der Waals surface area contributed by atoms with Crippen molar-refractivity contribution in [1.82, 2.24) is 9.88 Å². The number of pyridine rings is 1. The van der Waals surface area contributed by atoms with Gasteiger partial charge in [-0.25, -0.2) is 9.78 Å². The Morgan fingerprint density at radius 1 is 0.911 bits per heavy atom. The summed E-state index contributed by atoms with van der Waals surface area (Å²) in [5.41, 5.74) is 2.68. The average molecular weight is 616 g/mol. The average Bonchev–Trinajstić information content (AvgIpc) is 3.00. The second-order valence-electron chi connectivity index (χ2n) is 11.2. The smallest absolute Gasteiger partial charge is 0.416 e. The number of fused-ring (bicyclic) bond motifs is 1. The summed E-state index contributed by atoms with van der Waals surface area (Å²) >= 11 is 0. The molecule has 0 saturated carbocycles. The van der Waals surface area contributed by atoms with E-state index in [0.29, 0.717) is 36.6 Å². The van der Waals surface area contributed by atoms with Crippen LogP contribution in [0.3, 0.4) is 0 Å². The van der Waals surface area contributed by atoms with Gasteiger partial charge >= 0.3 is 12.1 Å². The Morgan fingerprint density at radius 3 is 2.11 bits per heavy atom. The van der Waals surface area contributed by atoms with Crippen LogP contribution in [-0.2, 0) is 28.8 Å². The van der Waals surface area contributed by atoms with Crippen LogP contribution in [0.1, 0.15) is 54.5 Å². The molecular formula is C36H36F3N3O3. The second kappa shape index (κ2) is 14.0. The lowest BCUT2D eigenvalue weighted by Crippen LogP contribution is -2.30. The number of carbonyl (C=O) groups excluding carboxylic acids is 1. The third-order valence-corrected chi connectivity index (χ3v) is 7.54. The van der Waals surface area contributed by atoms with Crippen molar-refractivity contribution in [3.63, 3.8) is 0 Å². The van der Waals surface area contributed by atoms with Crippen molar-refractivity contribution in [3.8, 4) is 5.88 Å². The summed E-state index contributed by atoms with van der Waals surface area (Å²) < 4.78 is 54.9. The normalized spacial score (nSPS) is 14.7. The first-order chi connectivity index (χ1) is 21.6. The van der Waals surface area contributed by atoms with E-state index in [1.54, 1.807) is 13.0 Å². The third kappa shape index (κ3) is 7.72. The van der Waals surface area contributed by atoms with Gasteiger partial charge in [-0.1, -0.05) is 78.9 Å². The minimum absolute atomic E-state index is 0.0398. The fourth-order valence-corrected chi connectivity index (χ4v) is 5.62. The van der Waals surface area contributed by atoms with Crippen molar-refractivity contribution in [3.05, 3.63) is 136 Å². The molecule has 0 spiro atoms. The van der Waals surface area contributed by atoms with Gasteiger partial charge in [0.15, 0.2) is 0 Å². The molecule has 1 aliphatic heterocycles. The number of anilines is 1. The van der Waals surface area contributed by atoms with Crippen LogP contribution in [0.15, 0.2) is 108 Å². The summed E-state index contributed by atoms with van der Waals surface area (Å²) in [4.78, 5) is 20.4. The lowest BCUT2D eigenvalue weighted by atomic mass is 9.79. The van der Waals surface area contributed by atoms with E-state index in [2.05, 4.69) is 15.2 Å². The number of carbonyl (C=O) groups is 1. The molecule has 0 radical (unpaired) electrons. The highest BCUT2D eigenvalue weighted by atomic mass is 19.4. The van der Waals surface area contributed by atoms with Gasteiger partial charge in [-0.15, -0.1) is 0 Å². The zero-order chi connectivity index (χ0) is 32.0. The molecule has 0 fully saturated rings. The van der Waals surface area contributed by atoms with Crippen molar-refractivity contribution in [1.29, 1.82) is 0 Å². The van der Waals surface area contributed by atoms with Gasteiger partial charge in [-0.05, 0) is 49.6 Å². The fraction of sp³-hybridized carbons (Fsp3) is 0.278. The molecule has 0 saturated heterocycles. The molecule has 3 aromatic carbocycles. The maximum Gasteiger partial charge on any atom is 0.416 e. The van der Waals surface area contributed by atoms with Crippen LogP contribution in [0, 0.1) is 0 Å². The molecule has 4 aromatic rings. The molecule has 1 N–H and O–H groups in total. The van der Waals surface area contributed by atoms with Crippen molar-refractivity contribution >= 4 is 11.7 Å². The summed E-state index contributed by atoms with van der Waals surface area (Å²) in [6, 6.07) is 26.9. The summed E-state index contributed by atoms with van der Waals surface area (Å²) in [5, 5.41) is 3.19. The highest BCUT2D eigenvalue weighted by Crippen LogP contribution is 2.49. The highest BCUT2D eigenvalue weighted by Gasteiger charge is 2.42. The number of allylic oxidation sites excluding steroid dienone is 1. The van der Waals surface area contributed by atoms with Gasteiger partial charge in [0, 0.05) is 42.8 Å². The van der Waals surface area contributed by atoms with E-state index in [-0.39, 0.29) is 29.7 Å². The lowest BCUT2D eigenvalue weighted by molar-refractivity contribution is -0.141. The van der Waals surface area contributed by atoms with Gasteiger partial charge in [0.1, 0.15) is 6.61 Å². The Kier molecular flexibility index (Phi) is 9.88. The molecule has 45 heavy (non-hydrogen) atoms. The number of halogens is 3. The molecule has 1 aromatic heterocycles. The molecule has 6 nitrogen and oxygen atoms in total. The topological polar surface area (TPSA) is 63.7 Å². The van der Waals surface area contributed by atoms with Crippen molar-refractivity contribution in [2.24, 2.45) is 0 Å². The second-order valence-corrected chi connectivity index (χ2v) is 11.2. The number of nitrogens with zero attached hydrogens (tertiary/aromatic N) is 2. The lowest BCUT2D eigenvalue weighted by Gasteiger charge is -2.32. The van der Waals surface area contributed by atoms with Gasteiger partial charge in [-0.2, -0.15) is 13.2 Å². The van der Waals surface area contributed by atoms with E-state index in [1.807, 2.05) is 74.5 Å². The number of nitrogens with one attached hydrogen (secondary N) is 1. The standard InChI is InChI=1S/C36H36F3N3O3/c1-24(2)45-34-33-30(18-19-40-34)41-25(3)31(32(33)28-16-10-11-17-29(28)36(37,38)39)35(43)44-21-20-42(22-26-12-6-4-7-13-26)23-27-14-8-5-9-15-27/h4-19,24,32,41H,20-23H2,1-3H3. The van der Waals surface area contributed by atoms with E-state index in [4.69, 9.17) is 9.47 Å². The zero-order valence-corrected chi connectivity index (χ0v) is 25.5. The first kappa shape index (κ1) is 31.8. The predicted octanol–water partition coefficient (Wildman–Crippen LogP) is 7.96. The minimum Gasteiger partial charge on any atom is -0.475 e. The molecular weight excluding hydrogens is 579 g/mol. The van der Waals surface area contributed by atoms with E-state index in [0.717, 1.165) is 17.2 Å². The number of esters is 1. The molecule has 0 bridgehead atoms. The molecule has 2 heterocycles. The maximum atomic E-state index is 14.4. The Balaban J connectivity index is 1.46. The Labute approximate surface area is 261 Å². The Hall–Kier alpha value is -4.63. The number of ether oxygens (including phenoxy) is 2. The Morgan fingerprint density at radius 2 is 1.51 bits per heavy atom. The number of rotatable bonds is 11. The molecule has 9 heteroatoms. The fourth-order valence-electron chi connectivity index (χ4n) is 5.62. The number of hydrogen-bond acceptors (Lipinski definition) is 6. The number of aromatic nitrogens is 1. The van der Waals surface area contributed by atoms with Crippen LogP contribution in [0.5, 0.6) is 5.88 Å². The maximum absolute atomic E-state index is 14.4. The van der Waals surface area contributed by atoms with Crippen LogP contribution in [0.25, 0.3) is 0 Å². The van der Waals surface area contributed by atoms with Gasteiger partial charge in [0.2, 0.25) is 5.88 Å². The SMILES string of the molecule is CC1=C(C(=O)OCCN(Cc2ccccc2)Cc2ccccc2)C(c2ccccc2C(F)(F)F)c2c(ccnc2OC(C)C)N1. The van der Waals surface area contributed by atoms with Crippen LogP contribution < -0.4 is 10.1 Å². The number of hydrogen-bond donors (Lipinski definition) is 1. The van der Waals surface area contributed by atoms with Crippen molar-refractivity contribution in [2.45, 2.75) is 52.1 Å². The molecule has 5 rings (SSSR count). The summed E-state index contributed by atoms with van der Waals surface area (Å²) in [6.07, 6.45) is -3.42. The summed E-state index contributed by atoms with van der Waals surface area (Å²) in [5.74, 6) is -1.67. The van der Waals surface area contributed by atoms with Gasteiger partial charge < -0.3 is 14.8 Å². The molecule has 1 atom stereocenters. The number of benzene rings is 3. The summed E-state index contributed by atoms with van der Waals surface area (Å²) in [6.45, 7) is 7.01. The van der Waals surface area contributed by atoms with Crippen molar-refractivity contribution < 1.29 is 27.4 Å². The van der Waals surface area contributed by atoms with E-state index < -0.39 is 23.6 Å². The zero-order valence-electron chi connectivity index (χ0n) is 25.5. The molecule has 1 aliphatic rings. The van der Waals surface area contributed by atoms with Gasteiger partial charge in [0.25, 0.3) is 0 Å². The molecule has 0 aliphatic carbocycles. The first-order valence-electron chi connectivity index (χ1n) is 14.9. The van der Waals surface area contributed by atoms with Crippen LogP contribution in [-0.4, -0.2) is 35.1 Å². The first-order valence-corrected chi connectivity index (χ1v) is 14.9. The Bertz CT molecular complexity index is 1600. The third-order valence-electron chi connectivity index (χ3n) is 7.54. The van der Waals surface area contributed by atoms with Crippen LogP contribution >= 0.6 is 0 Å². The van der Waals surface area contributed by atoms with E-state index in [1.165, 1.54) is 24.4 Å². The van der Waals surface area contributed by atoms with Crippen LogP contribution in [0.2, 0.25) is 0 Å². The molecule has 0 amide bonds. The van der Waals surface area contributed by atoms with Gasteiger partial charge in [-0.3, -0.25) is 4.90 Å². The van der Waals surface area contributed by atoms with Crippen molar-refractivity contribution in [2.75, 3.05) is 18.5 Å². The monoisotopic (exact) mass is 615 g/mol. The quantitative estimate of drug-likeness (QED) is 0.173. The van der Waals surface area contributed by atoms with Gasteiger partial charge in [0.05, 0.1) is 23.2 Å². The molecule has 1 unspecified atom stereocenters. The van der Waals surface area contributed by atoms with E-state index in [9.17, 15) is 18.0 Å². The van der Waals surface area contributed by atoms with E-state index >= 15 is 0 Å². The molecule has 234 valence electrons. The largest absolute Gasteiger partial charge is 0.475 e.